The van der Waals surface area contributed by atoms with Crippen molar-refractivity contribution >= 4 is 11.7 Å². The number of amides is 1. The van der Waals surface area contributed by atoms with Gasteiger partial charge in [-0.25, -0.2) is 9.37 Å². The number of hydrogen-bond donors (Lipinski definition) is 2. The largest absolute Gasteiger partial charge is 0.371 e. The van der Waals surface area contributed by atoms with Gasteiger partial charge in [0.05, 0.1) is 5.56 Å². The SMILES string of the molecule is CNc1nccc(C(=O)NCC2CCCC(C)C2)c1F. The topological polar surface area (TPSA) is 54.0 Å². The maximum atomic E-state index is 14.0. The Morgan fingerprint density at radius 2 is 2.30 bits per heavy atom. The molecule has 0 aromatic carbocycles. The van der Waals surface area contributed by atoms with Gasteiger partial charge in [-0.15, -0.1) is 0 Å². The lowest BCUT2D eigenvalue weighted by Gasteiger charge is -2.26. The van der Waals surface area contributed by atoms with Gasteiger partial charge in [-0.05, 0) is 30.7 Å². The number of rotatable bonds is 4. The molecule has 2 atom stereocenters. The fourth-order valence-electron chi connectivity index (χ4n) is 2.87. The number of pyridine rings is 1. The van der Waals surface area contributed by atoms with Crippen LogP contribution >= 0.6 is 0 Å². The first-order chi connectivity index (χ1) is 9.61. The zero-order chi connectivity index (χ0) is 14.5. The lowest BCUT2D eigenvalue weighted by atomic mass is 9.82. The first-order valence-corrected chi connectivity index (χ1v) is 7.22. The molecule has 1 saturated carbocycles. The van der Waals surface area contributed by atoms with E-state index in [4.69, 9.17) is 0 Å². The van der Waals surface area contributed by atoms with Crippen LogP contribution in [-0.4, -0.2) is 24.5 Å². The van der Waals surface area contributed by atoms with Gasteiger partial charge in [-0.1, -0.05) is 19.8 Å². The number of carbonyl (C=O) groups excluding carboxylic acids is 1. The van der Waals surface area contributed by atoms with E-state index in [1.807, 2.05) is 0 Å². The zero-order valence-electron chi connectivity index (χ0n) is 12.1. The average molecular weight is 279 g/mol. The summed E-state index contributed by atoms with van der Waals surface area (Å²) in [5.74, 6) is 0.378. The van der Waals surface area contributed by atoms with Crippen molar-refractivity contribution in [2.75, 3.05) is 18.9 Å². The molecule has 2 rings (SSSR count). The van der Waals surface area contributed by atoms with Crippen LogP contribution in [0.2, 0.25) is 0 Å². The Morgan fingerprint density at radius 3 is 3.00 bits per heavy atom. The highest BCUT2D eigenvalue weighted by atomic mass is 19.1. The van der Waals surface area contributed by atoms with Crippen molar-refractivity contribution in [1.82, 2.24) is 10.3 Å². The van der Waals surface area contributed by atoms with Crippen molar-refractivity contribution in [3.8, 4) is 0 Å². The van der Waals surface area contributed by atoms with E-state index in [0.29, 0.717) is 12.5 Å². The Morgan fingerprint density at radius 1 is 1.50 bits per heavy atom. The predicted octanol–water partition coefficient (Wildman–Crippen LogP) is 2.82. The van der Waals surface area contributed by atoms with Crippen molar-refractivity contribution in [3.05, 3.63) is 23.6 Å². The summed E-state index contributed by atoms with van der Waals surface area (Å²) < 4.78 is 14.0. The Hall–Kier alpha value is -1.65. The van der Waals surface area contributed by atoms with E-state index in [-0.39, 0.29) is 17.3 Å². The minimum Gasteiger partial charge on any atom is -0.371 e. The Bertz CT molecular complexity index is 478. The standard InChI is InChI=1S/C15H22FN3O/c1-10-4-3-5-11(8-10)9-19-15(20)12-6-7-18-14(17-2)13(12)16/h6-7,10-11H,3-5,8-9H2,1-2H3,(H,17,18)(H,19,20). The number of aromatic nitrogens is 1. The van der Waals surface area contributed by atoms with Crippen LogP contribution in [-0.2, 0) is 0 Å². The second-order valence-corrected chi connectivity index (χ2v) is 5.62. The summed E-state index contributed by atoms with van der Waals surface area (Å²) in [6, 6.07) is 1.41. The monoisotopic (exact) mass is 279 g/mol. The number of hydrogen-bond acceptors (Lipinski definition) is 3. The van der Waals surface area contributed by atoms with E-state index < -0.39 is 5.82 Å². The molecule has 1 aliphatic rings. The number of carbonyl (C=O) groups is 1. The quantitative estimate of drug-likeness (QED) is 0.891. The molecule has 1 amide bonds. The molecule has 0 aliphatic heterocycles. The third kappa shape index (κ3) is 3.46. The highest BCUT2D eigenvalue weighted by Crippen LogP contribution is 2.28. The van der Waals surface area contributed by atoms with Crippen molar-refractivity contribution < 1.29 is 9.18 Å². The molecule has 1 aliphatic carbocycles. The van der Waals surface area contributed by atoms with Gasteiger partial charge in [-0.2, -0.15) is 0 Å². The molecule has 0 bridgehead atoms. The van der Waals surface area contributed by atoms with Crippen LogP contribution in [0, 0.1) is 17.7 Å². The van der Waals surface area contributed by atoms with Crippen LogP contribution in [0.15, 0.2) is 12.3 Å². The van der Waals surface area contributed by atoms with E-state index in [9.17, 15) is 9.18 Å². The van der Waals surface area contributed by atoms with E-state index in [1.54, 1.807) is 7.05 Å². The maximum Gasteiger partial charge on any atom is 0.254 e. The molecule has 0 saturated heterocycles. The van der Waals surface area contributed by atoms with Gasteiger partial charge >= 0.3 is 0 Å². The summed E-state index contributed by atoms with van der Waals surface area (Å²) in [5, 5.41) is 5.48. The van der Waals surface area contributed by atoms with Crippen LogP contribution in [0.1, 0.15) is 43.0 Å². The van der Waals surface area contributed by atoms with E-state index >= 15 is 0 Å². The lowest BCUT2D eigenvalue weighted by Crippen LogP contribution is -2.32. The Kier molecular flexibility index (Phi) is 4.93. The molecule has 2 unspecified atom stereocenters. The van der Waals surface area contributed by atoms with Crippen molar-refractivity contribution in [3.63, 3.8) is 0 Å². The van der Waals surface area contributed by atoms with Crippen LogP contribution in [0.5, 0.6) is 0 Å². The van der Waals surface area contributed by atoms with Gasteiger partial charge in [0.15, 0.2) is 11.6 Å². The normalized spacial score (nSPS) is 22.4. The smallest absolute Gasteiger partial charge is 0.254 e. The molecule has 2 N–H and O–H groups in total. The predicted molar refractivity (Wildman–Crippen MR) is 77.2 cm³/mol. The van der Waals surface area contributed by atoms with Crippen molar-refractivity contribution in [2.24, 2.45) is 11.8 Å². The molecule has 1 fully saturated rings. The minimum atomic E-state index is -0.593. The van der Waals surface area contributed by atoms with E-state index in [1.165, 1.54) is 25.1 Å². The minimum absolute atomic E-state index is 0.0493. The molecule has 1 aromatic heterocycles. The van der Waals surface area contributed by atoms with Gasteiger partial charge in [0.25, 0.3) is 5.91 Å². The molecule has 1 aromatic rings. The second kappa shape index (κ2) is 6.68. The molecule has 1 heterocycles. The third-order valence-electron chi connectivity index (χ3n) is 3.97. The first kappa shape index (κ1) is 14.8. The second-order valence-electron chi connectivity index (χ2n) is 5.62. The van der Waals surface area contributed by atoms with Gasteiger partial charge in [0.1, 0.15) is 0 Å². The van der Waals surface area contributed by atoms with E-state index in [2.05, 4.69) is 22.5 Å². The fraction of sp³-hybridized carbons (Fsp3) is 0.600. The molecule has 0 spiro atoms. The van der Waals surface area contributed by atoms with Gasteiger partial charge in [0, 0.05) is 19.8 Å². The van der Waals surface area contributed by atoms with Gasteiger partial charge < -0.3 is 10.6 Å². The Balaban J connectivity index is 1.95. The molecular weight excluding hydrogens is 257 g/mol. The zero-order valence-corrected chi connectivity index (χ0v) is 12.1. The number of nitrogens with one attached hydrogen (secondary N) is 2. The van der Waals surface area contributed by atoms with Crippen molar-refractivity contribution in [1.29, 1.82) is 0 Å². The van der Waals surface area contributed by atoms with E-state index in [0.717, 1.165) is 18.8 Å². The van der Waals surface area contributed by atoms with Crippen LogP contribution in [0.25, 0.3) is 0 Å². The van der Waals surface area contributed by atoms with Crippen LogP contribution < -0.4 is 10.6 Å². The summed E-state index contributed by atoms with van der Waals surface area (Å²) in [6.07, 6.45) is 6.21. The molecule has 110 valence electrons. The van der Waals surface area contributed by atoms with Gasteiger partial charge in [-0.3, -0.25) is 4.79 Å². The first-order valence-electron chi connectivity index (χ1n) is 7.22. The molecule has 0 radical (unpaired) electrons. The molecule has 5 heteroatoms. The van der Waals surface area contributed by atoms with Crippen molar-refractivity contribution in [2.45, 2.75) is 32.6 Å². The maximum absolute atomic E-state index is 14.0. The summed E-state index contributed by atoms with van der Waals surface area (Å²) in [5.41, 5.74) is 0.0493. The number of anilines is 1. The molecule has 4 nitrogen and oxygen atoms in total. The summed E-state index contributed by atoms with van der Waals surface area (Å²) >= 11 is 0. The molecule has 20 heavy (non-hydrogen) atoms. The number of halogens is 1. The Labute approximate surface area is 119 Å². The third-order valence-corrected chi connectivity index (χ3v) is 3.97. The molecular formula is C15H22FN3O. The van der Waals surface area contributed by atoms with Gasteiger partial charge in [0.2, 0.25) is 0 Å². The summed E-state index contributed by atoms with van der Waals surface area (Å²) in [6.45, 7) is 2.87. The van der Waals surface area contributed by atoms with Crippen LogP contribution in [0.4, 0.5) is 10.2 Å². The summed E-state index contributed by atoms with van der Waals surface area (Å²) in [4.78, 5) is 15.9. The highest BCUT2D eigenvalue weighted by Gasteiger charge is 2.21. The highest BCUT2D eigenvalue weighted by molar-refractivity contribution is 5.95. The lowest BCUT2D eigenvalue weighted by molar-refractivity contribution is 0.0936. The summed E-state index contributed by atoms with van der Waals surface area (Å²) in [7, 11) is 1.58. The fourth-order valence-corrected chi connectivity index (χ4v) is 2.87. The number of nitrogens with zero attached hydrogens (tertiary/aromatic N) is 1. The van der Waals surface area contributed by atoms with Crippen LogP contribution in [0.3, 0.4) is 0 Å². The average Bonchev–Trinajstić information content (AvgIpc) is 2.45.